The zero-order chi connectivity index (χ0) is 11.3. The fraction of sp³-hybridized carbons (Fsp3) is 0.357. The number of benzene rings is 1. The number of hydrogen-bond acceptors (Lipinski definition) is 1. The minimum atomic E-state index is 0.407. The van der Waals surface area contributed by atoms with Crippen LogP contribution in [-0.2, 0) is 6.42 Å². The fourth-order valence-corrected chi connectivity index (χ4v) is 1.69. The van der Waals surface area contributed by atoms with E-state index in [1.165, 1.54) is 11.1 Å². The van der Waals surface area contributed by atoms with Gasteiger partial charge in [0.05, 0.1) is 0 Å². The van der Waals surface area contributed by atoms with E-state index in [9.17, 15) is 0 Å². The fourth-order valence-electron chi connectivity index (χ4n) is 1.69. The van der Waals surface area contributed by atoms with E-state index in [0.717, 1.165) is 18.6 Å². The first-order valence-corrected chi connectivity index (χ1v) is 5.33. The van der Waals surface area contributed by atoms with Crippen molar-refractivity contribution < 1.29 is 0 Å². The quantitative estimate of drug-likeness (QED) is 0.552. The molecular formula is C14H19N. The van der Waals surface area contributed by atoms with Gasteiger partial charge in [-0.15, -0.1) is 0 Å². The van der Waals surface area contributed by atoms with E-state index in [-0.39, 0.29) is 0 Å². The monoisotopic (exact) mass is 201 g/mol. The van der Waals surface area contributed by atoms with Crippen molar-refractivity contribution in [3.63, 3.8) is 0 Å². The molecule has 15 heavy (non-hydrogen) atoms. The van der Waals surface area contributed by atoms with Crippen LogP contribution in [-0.4, -0.2) is 5.71 Å². The first-order valence-electron chi connectivity index (χ1n) is 5.33. The predicted octanol–water partition coefficient (Wildman–Crippen LogP) is 3.85. The molecule has 0 radical (unpaired) electrons. The molecule has 1 rings (SSSR count). The first-order chi connectivity index (χ1) is 7.09. The lowest BCUT2D eigenvalue weighted by Crippen LogP contribution is -2.09. The molecule has 0 saturated carbocycles. The minimum absolute atomic E-state index is 0.407. The van der Waals surface area contributed by atoms with Crippen LogP contribution in [0.1, 0.15) is 25.8 Å². The molecule has 0 aliphatic carbocycles. The van der Waals surface area contributed by atoms with Crippen molar-refractivity contribution in [2.24, 2.45) is 5.92 Å². The lowest BCUT2D eigenvalue weighted by molar-refractivity contribution is 0.635. The summed E-state index contributed by atoms with van der Waals surface area (Å²) in [4.78, 5) is 0. The summed E-state index contributed by atoms with van der Waals surface area (Å²) in [6.07, 6.45) is 1.82. The van der Waals surface area contributed by atoms with Gasteiger partial charge in [0.1, 0.15) is 0 Å². The van der Waals surface area contributed by atoms with Crippen molar-refractivity contribution in [1.29, 1.82) is 5.41 Å². The van der Waals surface area contributed by atoms with E-state index in [4.69, 9.17) is 5.41 Å². The van der Waals surface area contributed by atoms with Crippen LogP contribution in [0.2, 0.25) is 0 Å². The van der Waals surface area contributed by atoms with Gasteiger partial charge in [0.15, 0.2) is 0 Å². The lowest BCUT2D eigenvalue weighted by atomic mass is 9.89. The summed E-state index contributed by atoms with van der Waals surface area (Å²) in [5, 5.41) is 7.54. The highest BCUT2D eigenvalue weighted by atomic mass is 14.4. The van der Waals surface area contributed by atoms with Gasteiger partial charge in [-0.3, -0.25) is 0 Å². The summed E-state index contributed by atoms with van der Waals surface area (Å²) in [6, 6.07) is 10.4. The van der Waals surface area contributed by atoms with Crippen LogP contribution in [0.25, 0.3) is 0 Å². The molecule has 1 atom stereocenters. The normalized spacial score (nSPS) is 12.1. The molecule has 80 valence electrons. The summed E-state index contributed by atoms with van der Waals surface area (Å²) in [7, 11) is 0. The number of rotatable bonds is 5. The molecule has 1 heteroatoms. The highest BCUT2D eigenvalue weighted by Gasteiger charge is 2.11. The average molecular weight is 201 g/mol. The molecule has 0 aliphatic rings. The molecule has 0 amide bonds. The summed E-state index contributed by atoms with van der Waals surface area (Å²) in [5.74, 6) is 0.407. The number of allylic oxidation sites excluding steroid dienone is 1. The van der Waals surface area contributed by atoms with Crippen molar-refractivity contribution in [2.75, 3.05) is 0 Å². The molecule has 1 aromatic carbocycles. The molecule has 0 aliphatic heterocycles. The second-order valence-electron chi connectivity index (χ2n) is 4.22. The van der Waals surface area contributed by atoms with Crippen LogP contribution >= 0.6 is 0 Å². The zero-order valence-corrected chi connectivity index (χ0v) is 9.59. The number of hydrogen-bond donors (Lipinski definition) is 1. The van der Waals surface area contributed by atoms with E-state index >= 15 is 0 Å². The highest BCUT2D eigenvalue weighted by Crippen LogP contribution is 2.19. The van der Waals surface area contributed by atoms with Gasteiger partial charge in [0.25, 0.3) is 0 Å². The second-order valence-corrected chi connectivity index (χ2v) is 4.22. The van der Waals surface area contributed by atoms with Crippen molar-refractivity contribution >= 4 is 5.71 Å². The van der Waals surface area contributed by atoms with Crippen molar-refractivity contribution in [1.82, 2.24) is 0 Å². The van der Waals surface area contributed by atoms with Gasteiger partial charge in [-0.25, -0.2) is 0 Å². The standard InChI is InChI=1S/C14H19N/c1-11(2)14(9-12(3)15)10-13-7-5-4-6-8-13/h4-8,14-15H,1,9-10H2,2-3H3. The Morgan fingerprint density at radius 2 is 1.87 bits per heavy atom. The molecule has 0 fully saturated rings. The van der Waals surface area contributed by atoms with E-state index in [1.54, 1.807) is 0 Å². The summed E-state index contributed by atoms with van der Waals surface area (Å²) < 4.78 is 0. The maximum absolute atomic E-state index is 7.54. The molecular weight excluding hydrogens is 182 g/mol. The van der Waals surface area contributed by atoms with Crippen LogP contribution in [0, 0.1) is 11.3 Å². The van der Waals surface area contributed by atoms with Gasteiger partial charge < -0.3 is 5.41 Å². The van der Waals surface area contributed by atoms with E-state index in [0.29, 0.717) is 5.92 Å². The van der Waals surface area contributed by atoms with Crippen LogP contribution in [0.4, 0.5) is 0 Å². The Hall–Kier alpha value is -1.37. The third-order valence-corrected chi connectivity index (χ3v) is 2.57. The van der Waals surface area contributed by atoms with Crippen molar-refractivity contribution in [2.45, 2.75) is 26.7 Å². The Labute approximate surface area is 92.3 Å². The summed E-state index contributed by atoms with van der Waals surface area (Å²) in [5.41, 5.74) is 3.23. The molecule has 1 N–H and O–H groups in total. The third kappa shape index (κ3) is 4.11. The van der Waals surface area contributed by atoms with Gasteiger partial charge in [-0.1, -0.05) is 42.5 Å². The predicted molar refractivity (Wildman–Crippen MR) is 66.5 cm³/mol. The molecule has 1 unspecified atom stereocenters. The van der Waals surface area contributed by atoms with Crippen molar-refractivity contribution in [3.8, 4) is 0 Å². The molecule has 1 aromatic rings. The van der Waals surface area contributed by atoms with Gasteiger partial charge in [0.2, 0.25) is 0 Å². The zero-order valence-electron chi connectivity index (χ0n) is 9.59. The maximum atomic E-state index is 7.54. The molecule has 0 heterocycles. The van der Waals surface area contributed by atoms with Gasteiger partial charge in [-0.2, -0.15) is 0 Å². The maximum Gasteiger partial charge on any atom is 0.00643 e. The summed E-state index contributed by atoms with van der Waals surface area (Å²) in [6.45, 7) is 7.92. The van der Waals surface area contributed by atoms with E-state index < -0.39 is 0 Å². The Kier molecular flexibility index (Phi) is 4.29. The van der Waals surface area contributed by atoms with Crippen LogP contribution < -0.4 is 0 Å². The second kappa shape index (κ2) is 5.50. The largest absolute Gasteiger partial charge is 0.310 e. The Balaban J connectivity index is 2.67. The van der Waals surface area contributed by atoms with E-state index in [1.807, 2.05) is 13.0 Å². The van der Waals surface area contributed by atoms with Crippen molar-refractivity contribution in [3.05, 3.63) is 48.0 Å². The van der Waals surface area contributed by atoms with Crippen LogP contribution in [0.5, 0.6) is 0 Å². The molecule has 1 nitrogen and oxygen atoms in total. The third-order valence-electron chi connectivity index (χ3n) is 2.57. The molecule has 0 saturated heterocycles. The van der Waals surface area contributed by atoms with Crippen LogP contribution in [0.3, 0.4) is 0 Å². The SMILES string of the molecule is C=C(C)C(CC(C)=N)Cc1ccccc1. The molecule has 0 bridgehead atoms. The van der Waals surface area contributed by atoms with E-state index in [2.05, 4.69) is 37.8 Å². The van der Waals surface area contributed by atoms with Crippen LogP contribution in [0.15, 0.2) is 42.5 Å². The number of nitrogens with one attached hydrogen (secondary N) is 1. The average Bonchev–Trinajstić information content (AvgIpc) is 2.17. The Morgan fingerprint density at radius 3 is 2.33 bits per heavy atom. The first kappa shape index (κ1) is 11.7. The minimum Gasteiger partial charge on any atom is -0.310 e. The summed E-state index contributed by atoms with van der Waals surface area (Å²) >= 11 is 0. The molecule has 0 aromatic heterocycles. The van der Waals surface area contributed by atoms with Gasteiger partial charge in [-0.05, 0) is 38.2 Å². The van der Waals surface area contributed by atoms with Gasteiger partial charge >= 0.3 is 0 Å². The topological polar surface area (TPSA) is 23.9 Å². The Bertz CT molecular complexity index is 338. The highest BCUT2D eigenvalue weighted by molar-refractivity contribution is 5.79. The smallest absolute Gasteiger partial charge is 0.00643 e. The Morgan fingerprint density at radius 1 is 1.27 bits per heavy atom. The lowest BCUT2D eigenvalue weighted by Gasteiger charge is -2.16. The van der Waals surface area contributed by atoms with Gasteiger partial charge in [0, 0.05) is 5.71 Å². The molecule has 0 spiro atoms.